The third-order valence-corrected chi connectivity index (χ3v) is 13.1. The molecule has 0 bridgehead atoms. The van der Waals surface area contributed by atoms with E-state index in [4.69, 9.17) is 9.47 Å². The maximum atomic E-state index is 6.43. The standard InChI is InChI=1S/C61H40N2O2/c1-5-15-40(16-6-1)61-52-24-14-13-23-49(52)50-31-27-44(37-56(50)61)63-58-33-28-47(64-45-19-9-3-10-20-45)38-54(58)51-30-25-42(36-60(51)63)41-26-32-57-53(35-41)55-39-48(65-46-21-11-4-12-22-46)29-34-59(55)62(57)43-17-7-2-8-18-43/h1-39,61H. The third kappa shape index (κ3) is 6.22. The summed E-state index contributed by atoms with van der Waals surface area (Å²) in [4.78, 5) is 0. The van der Waals surface area contributed by atoms with Crippen molar-refractivity contribution in [3.05, 3.63) is 253 Å². The lowest BCUT2D eigenvalue weighted by atomic mass is 9.89. The second kappa shape index (κ2) is 15.0. The molecule has 0 amide bonds. The summed E-state index contributed by atoms with van der Waals surface area (Å²) in [5.74, 6) is 3.36. The van der Waals surface area contributed by atoms with Crippen LogP contribution < -0.4 is 9.47 Å². The molecule has 13 rings (SSSR count). The summed E-state index contributed by atoms with van der Waals surface area (Å²) in [6.45, 7) is 0. The van der Waals surface area contributed by atoms with Crippen LogP contribution in [0.25, 0.3) is 77.2 Å². The molecule has 2 heterocycles. The highest BCUT2D eigenvalue weighted by molar-refractivity contribution is 6.13. The van der Waals surface area contributed by atoms with Gasteiger partial charge in [-0.25, -0.2) is 0 Å². The van der Waals surface area contributed by atoms with Crippen LogP contribution in [0, 0.1) is 0 Å². The topological polar surface area (TPSA) is 28.3 Å². The van der Waals surface area contributed by atoms with Crippen molar-refractivity contribution >= 4 is 43.6 Å². The highest BCUT2D eigenvalue weighted by Gasteiger charge is 2.30. The Kier molecular flexibility index (Phi) is 8.56. The van der Waals surface area contributed by atoms with Crippen molar-refractivity contribution in [2.45, 2.75) is 5.92 Å². The Morgan fingerprint density at radius 3 is 1.48 bits per heavy atom. The first-order valence-corrected chi connectivity index (χ1v) is 22.2. The van der Waals surface area contributed by atoms with Gasteiger partial charge in [0.25, 0.3) is 0 Å². The molecular formula is C61H40N2O2. The third-order valence-electron chi connectivity index (χ3n) is 13.1. The van der Waals surface area contributed by atoms with Gasteiger partial charge in [-0.1, -0.05) is 133 Å². The lowest BCUT2D eigenvalue weighted by Gasteiger charge is -2.16. The van der Waals surface area contributed by atoms with Gasteiger partial charge in [-0.15, -0.1) is 0 Å². The smallest absolute Gasteiger partial charge is 0.128 e. The normalized spacial score (nSPS) is 13.1. The molecule has 0 fully saturated rings. The lowest BCUT2D eigenvalue weighted by molar-refractivity contribution is 0.483. The van der Waals surface area contributed by atoms with Gasteiger partial charge in [0.2, 0.25) is 0 Å². The first kappa shape index (κ1) is 37.0. The number of hydrogen-bond acceptors (Lipinski definition) is 2. The first-order chi connectivity index (χ1) is 32.2. The first-order valence-electron chi connectivity index (χ1n) is 22.2. The van der Waals surface area contributed by atoms with Crippen LogP contribution in [-0.4, -0.2) is 9.13 Å². The summed E-state index contributed by atoms with van der Waals surface area (Å²) in [5, 5.41) is 4.59. The van der Waals surface area contributed by atoms with Gasteiger partial charge >= 0.3 is 0 Å². The van der Waals surface area contributed by atoms with Gasteiger partial charge in [0.1, 0.15) is 23.0 Å². The molecule has 1 unspecified atom stereocenters. The zero-order chi connectivity index (χ0) is 42.8. The summed E-state index contributed by atoms with van der Waals surface area (Å²) in [7, 11) is 0. The number of nitrogens with zero attached hydrogens (tertiary/aromatic N) is 2. The zero-order valence-corrected chi connectivity index (χ0v) is 35.3. The molecule has 2 aromatic heterocycles. The van der Waals surface area contributed by atoms with Crippen molar-refractivity contribution in [2.75, 3.05) is 0 Å². The molecule has 306 valence electrons. The summed E-state index contributed by atoms with van der Waals surface area (Å²) in [6.07, 6.45) is 0. The summed E-state index contributed by atoms with van der Waals surface area (Å²) in [6, 6.07) is 84.2. The van der Waals surface area contributed by atoms with E-state index in [0.29, 0.717) is 0 Å². The van der Waals surface area contributed by atoms with E-state index in [1.54, 1.807) is 0 Å². The average Bonchev–Trinajstić information content (AvgIpc) is 3.99. The quantitative estimate of drug-likeness (QED) is 0.153. The highest BCUT2D eigenvalue weighted by Crippen LogP contribution is 2.49. The number of hydrogen-bond donors (Lipinski definition) is 0. The second-order valence-electron chi connectivity index (χ2n) is 16.9. The Morgan fingerprint density at radius 1 is 0.292 bits per heavy atom. The molecule has 4 heteroatoms. The van der Waals surface area contributed by atoms with E-state index < -0.39 is 0 Å². The SMILES string of the molecule is c1ccc(Oc2ccc3c(c2)c2cc(-c4ccc5c6cc(Oc7ccccc7)ccc6n(-c6ccc7c(c6)C(c6ccccc6)c6ccccc6-7)c5c4)ccc2n3-c2ccccc2)cc1. The van der Waals surface area contributed by atoms with Crippen molar-refractivity contribution in [3.63, 3.8) is 0 Å². The van der Waals surface area contributed by atoms with Crippen LogP contribution in [0.4, 0.5) is 0 Å². The number of ether oxygens (including phenoxy) is 2. The van der Waals surface area contributed by atoms with Crippen LogP contribution in [0.5, 0.6) is 23.0 Å². The number of fused-ring (bicyclic) bond motifs is 9. The molecule has 1 atom stereocenters. The minimum Gasteiger partial charge on any atom is -0.457 e. The van der Waals surface area contributed by atoms with E-state index in [0.717, 1.165) is 89.1 Å². The molecule has 0 saturated carbocycles. The molecule has 12 aromatic rings. The van der Waals surface area contributed by atoms with E-state index in [1.807, 2.05) is 60.7 Å². The fraction of sp³-hybridized carbons (Fsp3) is 0.0164. The zero-order valence-electron chi connectivity index (χ0n) is 35.3. The molecule has 0 saturated heterocycles. The second-order valence-corrected chi connectivity index (χ2v) is 16.9. The molecule has 1 aliphatic carbocycles. The van der Waals surface area contributed by atoms with Gasteiger partial charge in [-0.3, -0.25) is 0 Å². The van der Waals surface area contributed by atoms with Crippen LogP contribution >= 0.6 is 0 Å². The van der Waals surface area contributed by atoms with Crippen molar-refractivity contribution in [1.82, 2.24) is 9.13 Å². The van der Waals surface area contributed by atoms with Crippen molar-refractivity contribution < 1.29 is 9.47 Å². The van der Waals surface area contributed by atoms with E-state index in [2.05, 4.69) is 185 Å². The lowest BCUT2D eigenvalue weighted by Crippen LogP contribution is -2.01. The maximum Gasteiger partial charge on any atom is 0.128 e. The number of aromatic nitrogens is 2. The van der Waals surface area contributed by atoms with Crippen LogP contribution in [0.2, 0.25) is 0 Å². The van der Waals surface area contributed by atoms with Gasteiger partial charge < -0.3 is 18.6 Å². The average molecular weight is 833 g/mol. The Labute approximate surface area is 376 Å². The minimum absolute atomic E-state index is 0.139. The molecule has 0 spiro atoms. The van der Waals surface area contributed by atoms with Crippen LogP contribution in [0.3, 0.4) is 0 Å². The molecule has 0 aliphatic heterocycles. The van der Waals surface area contributed by atoms with Crippen LogP contribution in [0.1, 0.15) is 22.6 Å². The van der Waals surface area contributed by atoms with E-state index >= 15 is 0 Å². The van der Waals surface area contributed by atoms with Gasteiger partial charge in [-0.05, 0) is 142 Å². The number of rotatable bonds is 8. The molecule has 0 radical (unpaired) electrons. The predicted octanol–water partition coefficient (Wildman–Crippen LogP) is 16.3. The van der Waals surface area contributed by atoms with E-state index in [1.165, 1.54) is 27.8 Å². The predicted molar refractivity (Wildman–Crippen MR) is 266 cm³/mol. The van der Waals surface area contributed by atoms with Crippen LogP contribution in [-0.2, 0) is 0 Å². The summed E-state index contributed by atoms with van der Waals surface area (Å²) >= 11 is 0. The van der Waals surface area contributed by atoms with Crippen molar-refractivity contribution in [3.8, 4) is 56.6 Å². The Balaban J connectivity index is 1.00. The fourth-order valence-electron chi connectivity index (χ4n) is 10.2. The van der Waals surface area contributed by atoms with Gasteiger partial charge in [-0.2, -0.15) is 0 Å². The van der Waals surface area contributed by atoms with Crippen LogP contribution in [0.15, 0.2) is 237 Å². The van der Waals surface area contributed by atoms with Crippen molar-refractivity contribution in [1.29, 1.82) is 0 Å². The van der Waals surface area contributed by atoms with E-state index in [-0.39, 0.29) is 5.92 Å². The molecular weight excluding hydrogens is 793 g/mol. The Bertz CT molecular complexity index is 3760. The highest BCUT2D eigenvalue weighted by atomic mass is 16.5. The largest absolute Gasteiger partial charge is 0.457 e. The minimum atomic E-state index is 0.139. The van der Waals surface area contributed by atoms with Crippen molar-refractivity contribution in [2.24, 2.45) is 0 Å². The summed E-state index contributed by atoms with van der Waals surface area (Å²) < 4.78 is 17.6. The molecule has 0 N–H and O–H groups in total. The monoisotopic (exact) mass is 832 g/mol. The van der Waals surface area contributed by atoms with Gasteiger partial charge in [0.05, 0.1) is 22.1 Å². The Hall–Kier alpha value is -8.60. The fourth-order valence-corrected chi connectivity index (χ4v) is 10.2. The number of benzene rings is 10. The Morgan fingerprint density at radius 2 is 0.800 bits per heavy atom. The van der Waals surface area contributed by atoms with E-state index in [9.17, 15) is 0 Å². The summed E-state index contributed by atoms with van der Waals surface area (Å²) in [5.41, 5.74) is 15.6. The number of para-hydroxylation sites is 3. The molecule has 65 heavy (non-hydrogen) atoms. The molecule has 1 aliphatic rings. The molecule has 4 nitrogen and oxygen atoms in total. The van der Waals surface area contributed by atoms with Gasteiger partial charge in [0.15, 0.2) is 0 Å². The maximum absolute atomic E-state index is 6.43. The molecule has 10 aromatic carbocycles. The van der Waals surface area contributed by atoms with Gasteiger partial charge in [0, 0.05) is 38.8 Å².